The average molecular weight is 305 g/mol. The van der Waals surface area contributed by atoms with E-state index in [-0.39, 0.29) is 11.7 Å². The van der Waals surface area contributed by atoms with Gasteiger partial charge in [-0.25, -0.2) is 0 Å². The van der Waals surface area contributed by atoms with Crippen LogP contribution in [0.1, 0.15) is 21.7 Å². The Morgan fingerprint density at radius 1 is 1.39 bits per heavy atom. The number of nitrogens with zero attached hydrogens (tertiary/aromatic N) is 1. The molecular formula is C13H9BrN2O2. The summed E-state index contributed by atoms with van der Waals surface area (Å²) >= 11 is 3.13. The van der Waals surface area contributed by atoms with Gasteiger partial charge in [-0.3, -0.25) is 4.79 Å². The van der Waals surface area contributed by atoms with E-state index < -0.39 is 0 Å². The van der Waals surface area contributed by atoms with E-state index in [9.17, 15) is 4.79 Å². The Morgan fingerprint density at radius 2 is 2.22 bits per heavy atom. The van der Waals surface area contributed by atoms with Gasteiger partial charge in [-0.2, -0.15) is 5.26 Å². The molecule has 0 saturated heterocycles. The Labute approximate surface area is 112 Å². The van der Waals surface area contributed by atoms with Gasteiger partial charge in [-0.1, -0.05) is 12.1 Å². The van der Waals surface area contributed by atoms with E-state index in [1.165, 1.54) is 0 Å². The van der Waals surface area contributed by atoms with E-state index in [4.69, 9.17) is 9.68 Å². The molecule has 4 nitrogen and oxygen atoms in total. The molecule has 0 aliphatic carbocycles. The van der Waals surface area contributed by atoms with Gasteiger partial charge in [0.2, 0.25) is 0 Å². The number of hydrogen-bond acceptors (Lipinski definition) is 3. The third-order valence-corrected chi connectivity index (χ3v) is 2.73. The van der Waals surface area contributed by atoms with Crippen LogP contribution in [0.2, 0.25) is 0 Å². The molecular weight excluding hydrogens is 296 g/mol. The van der Waals surface area contributed by atoms with Crippen LogP contribution in [-0.2, 0) is 6.54 Å². The van der Waals surface area contributed by atoms with Gasteiger partial charge in [0, 0.05) is 6.54 Å². The molecule has 1 heterocycles. The lowest BCUT2D eigenvalue weighted by Crippen LogP contribution is -2.22. The second-order valence-corrected chi connectivity index (χ2v) is 4.38. The van der Waals surface area contributed by atoms with Crippen LogP contribution in [0.15, 0.2) is 45.5 Å². The van der Waals surface area contributed by atoms with Crippen LogP contribution in [0, 0.1) is 11.3 Å². The Bertz CT molecular complexity index is 613. The number of benzene rings is 1. The summed E-state index contributed by atoms with van der Waals surface area (Å²) in [5.41, 5.74) is 1.44. The van der Waals surface area contributed by atoms with Crippen LogP contribution in [0.3, 0.4) is 0 Å². The van der Waals surface area contributed by atoms with Crippen molar-refractivity contribution >= 4 is 21.8 Å². The Morgan fingerprint density at radius 3 is 2.89 bits per heavy atom. The molecule has 0 saturated carbocycles. The molecule has 2 aromatic rings. The average Bonchev–Trinajstić information content (AvgIpc) is 2.83. The first-order valence-electron chi connectivity index (χ1n) is 5.21. The van der Waals surface area contributed by atoms with Crippen molar-refractivity contribution in [3.8, 4) is 6.07 Å². The summed E-state index contributed by atoms with van der Waals surface area (Å²) in [4.78, 5) is 11.7. The first-order chi connectivity index (χ1) is 8.69. The van der Waals surface area contributed by atoms with Gasteiger partial charge in [0.1, 0.15) is 0 Å². The Balaban J connectivity index is 1.99. The van der Waals surface area contributed by atoms with Crippen LogP contribution in [0.25, 0.3) is 0 Å². The fourth-order valence-electron chi connectivity index (χ4n) is 1.46. The monoisotopic (exact) mass is 304 g/mol. The van der Waals surface area contributed by atoms with Crippen LogP contribution in [0.5, 0.6) is 0 Å². The summed E-state index contributed by atoms with van der Waals surface area (Å²) in [5.74, 6) is -0.0404. The van der Waals surface area contributed by atoms with Gasteiger partial charge in [0.05, 0.1) is 11.6 Å². The van der Waals surface area contributed by atoms with Crippen LogP contribution < -0.4 is 5.32 Å². The molecule has 1 aromatic carbocycles. The van der Waals surface area contributed by atoms with Gasteiger partial charge in [-0.05, 0) is 45.8 Å². The zero-order chi connectivity index (χ0) is 13.0. The van der Waals surface area contributed by atoms with E-state index in [0.29, 0.717) is 16.8 Å². The summed E-state index contributed by atoms with van der Waals surface area (Å²) in [7, 11) is 0. The topological polar surface area (TPSA) is 66.0 Å². The molecule has 1 amide bonds. The van der Waals surface area contributed by atoms with Crippen LogP contribution >= 0.6 is 15.9 Å². The minimum absolute atomic E-state index is 0.248. The molecule has 0 aliphatic heterocycles. The number of halogens is 1. The number of rotatable bonds is 3. The smallest absolute Gasteiger partial charge is 0.287 e. The highest BCUT2D eigenvalue weighted by Gasteiger charge is 2.09. The number of nitrogens with one attached hydrogen (secondary N) is 1. The second-order valence-electron chi connectivity index (χ2n) is 3.60. The zero-order valence-electron chi connectivity index (χ0n) is 9.31. The van der Waals surface area contributed by atoms with Gasteiger partial charge in [0.25, 0.3) is 5.91 Å². The van der Waals surface area contributed by atoms with Crippen LogP contribution in [0.4, 0.5) is 0 Å². The molecule has 0 unspecified atom stereocenters. The maximum atomic E-state index is 11.7. The minimum atomic E-state index is -0.289. The van der Waals surface area contributed by atoms with Crippen molar-refractivity contribution in [3.63, 3.8) is 0 Å². The van der Waals surface area contributed by atoms with E-state index in [0.717, 1.165) is 5.56 Å². The molecule has 5 heteroatoms. The normalized spacial score (nSPS) is 9.78. The largest absolute Gasteiger partial charge is 0.444 e. The summed E-state index contributed by atoms with van der Waals surface area (Å²) in [5, 5.41) is 11.5. The SMILES string of the molecule is N#Cc1cccc(CNC(=O)c2ccc(Br)o2)c1. The maximum absolute atomic E-state index is 11.7. The van der Waals surface area contributed by atoms with Crippen molar-refractivity contribution in [2.45, 2.75) is 6.54 Å². The van der Waals surface area contributed by atoms with Crippen molar-refractivity contribution in [1.29, 1.82) is 5.26 Å². The highest BCUT2D eigenvalue weighted by atomic mass is 79.9. The van der Waals surface area contributed by atoms with E-state index in [2.05, 4.69) is 27.3 Å². The predicted molar refractivity (Wildman–Crippen MR) is 68.7 cm³/mol. The number of hydrogen-bond donors (Lipinski definition) is 1. The van der Waals surface area contributed by atoms with Gasteiger partial charge in [0.15, 0.2) is 10.4 Å². The van der Waals surface area contributed by atoms with Gasteiger partial charge in [-0.15, -0.1) is 0 Å². The Hall–Kier alpha value is -2.06. The molecule has 90 valence electrons. The number of amides is 1. The lowest BCUT2D eigenvalue weighted by Gasteiger charge is -2.03. The van der Waals surface area contributed by atoms with E-state index in [1.807, 2.05) is 6.07 Å². The highest BCUT2D eigenvalue weighted by Crippen LogP contribution is 2.14. The highest BCUT2D eigenvalue weighted by molar-refractivity contribution is 9.10. The van der Waals surface area contributed by atoms with E-state index in [1.54, 1.807) is 30.3 Å². The second kappa shape index (κ2) is 5.52. The molecule has 1 N–H and O–H groups in total. The standard InChI is InChI=1S/C13H9BrN2O2/c14-12-5-4-11(18-12)13(17)16-8-10-3-1-2-9(6-10)7-15/h1-6H,8H2,(H,16,17). The fraction of sp³-hybridized carbons (Fsp3) is 0.0769. The molecule has 0 spiro atoms. The van der Waals surface area contributed by atoms with Crippen molar-refractivity contribution in [2.75, 3.05) is 0 Å². The van der Waals surface area contributed by atoms with Crippen molar-refractivity contribution in [2.24, 2.45) is 0 Å². The number of carbonyl (C=O) groups excluding carboxylic acids is 1. The summed E-state index contributed by atoms with van der Waals surface area (Å²) in [6, 6.07) is 12.4. The lowest BCUT2D eigenvalue weighted by atomic mass is 10.1. The lowest BCUT2D eigenvalue weighted by molar-refractivity contribution is 0.0922. The third-order valence-electron chi connectivity index (χ3n) is 2.31. The molecule has 0 atom stereocenters. The van der Waals surface area contributed by atoms with Crippen molar-refractivity contribution < 1.29 is 9.21 Å². The third kappa shape index (κ3) is 2.99. The maximum Gasteiger partial charge on any atom is 0.287 e. The molecule has 1 aromatic heterocycles. The summed E-state index contributed by atoms with van der Waals surface area (Å²) in [6.45, 7) is 0.354. The van der Waals surface area contributed by atoms with Crippen molar-refractivity contribution in [1.82, 2.24) is 5.32 Å². The van der Waals surface area contributed by atoms with Crippen LogP contribution in [-0.4, -0.2) is 5.91 Å². The van der Waals surface area contributed by atoms with Gasteiger partial charge < -0.3 is 9.73 Å². The quantitative estimate of drug-likeness (QED) is 0.948. The van der Waals surface area contributed by atoms with Gasteiger partial charge >= 0.3 is 0 Å². The molecule has 2 rings (SSSR count). The number of furan rings is 1. The van der Waals surface area contributed by atoms with Crippen molar-refractivity contribution in [3.05, 3.63) is 58.0 Å². The van der Waals surface area contributed by atoms with E-state index >= 15 is 0 Å². The molecule has 0 bridgehead atoms. The number of nitriles is 1. The zero-order valence-corrected chi connectivity index (χ0v) is 10.9. The first kappa shape index (κ1) is 12.4. The molecule has 0 aliphatic rings. The summed E-state index contributed by atoms with van der Waals surface area (Å²) < 4.78 is 5.64. The molecule has 18 heavy (non-hydrogen) atoms. The molecule has 0 radical (unpaired) electrons. The number of carbonyl (C=O) groups is 1. The Kier molecular flexibility index (Phi) is 3.80. The minimum Gasteiger partial charge on any atom is -0.444 e. The first-order valence-corrected chi connectivity index (χ1v) is 6.01. The molecule has 0 fully saturated rings. The fourth-order valence-corrected chi connectivity index (χ4v) is 1.76. The predicted octanol–water partition coefficient (Wildman–Crippen LogP) is 2.84. The summed E-state index contributed by atoms with van der Waals surface area (Å²) in [6.07, 6.45) is 0.